The van der Waals surface area contributed by atoms with Crippen molar-refractivity contribution >= 4 is 11.4 Å². The predicted octanol–water partition coefficient (Wildman–Crippen LogP) is 2.51. The Kier molecular flexibility index (Phi) is 3.38. The van der Waals surface area contributed by atoms with E-state index >= 15 is 0 Å². The number of hydroxylamine groups is 2. The predicted molar refractivity (Wildman–Crippen MR) is 85.8 cm³/mol. The lowest BCUT2D eigenvalue weighted by Gasteiger charge is -2.25. The van der Waals surface area contributed by atoms with Gasteiger partial charge in [0.25, 0.3) is 5.91 Å². The Hall–Kier alpha value is -2.60. The third-order valence-corrected chi connectivity index (χ3v) is 4.11. The van der Waals surface area contributed by atoms with E-state index in [0.29, 0.717) is 18.7 Å². The lowest BCUT2D eigenvalue weighted by Crippen LogP contribution is -2.35. The van der Waals surface area contributed by atoms with Gasteiger partial charge in [0.15, 0.2) is 0 Å². The molecular weight excluding hydrogens is 292 g/mol. The van der Waals surface area contributed by atoms with Crippen LogP contribution in [0.1, 0.15) is 23.2 Å². The largest absolute Gasteiger partial charge is 0.314 e. The molecule has 1 fully saturated rings. The molecule has 1 aliphatic heterocycles. The Morgan fingerprint density at radius 2 is 2.13 bits per heavy atom. The first-order valence-electron chi connectivity index (χ1n) is 7.79. The molecule has 0 spiro atoms. The average molecular weight is 310 g/mol. The second-order valence-electron chi connectivity index (χ2n) is 5.72. The number of hydrogen-bond acceptors (Lipinski definition) is 3. The van der Waals surface area contributed by atoms with Crippen LogP contribution in [0.3, 0.4) is 0 Å². The minimum atomic E-state index is -0.0874. The first-order valence-corrected chi connectivity index (χ1v) is 7.79. The molecule has 6 nitrogen and oxygen atoms in total. The Balaban J connectivity index is 1.82. The third-order valence-electron chi connectivity index (χ3n) is 4.11. The van der Waals surface area contributed by atoms with E-state index in [-0.39, 0.29) is 5.91 Å². The van der Waals surface area contributed by atoms with E-state index in [0.717, 1.165) is 29.7 Å². The molecule has 0 unspecified atom stereocenters. The van der Waals surface area contributed by atoms with Crippen molar-refractivity contribution in [2.24, 2.45) is 7.05 Å². The van der Waals surface area contributed by atoms with Gasteiger partial charge in [0, 0.05) is 26.0 Å². The highest BCUT2D eigenvalue weighted by molar-refractivity contribution is 6.02. The summed E-state index contributed by atoms with van der Waals surface area (Å²) in [4.78, 5) is 18.3. The average Bonchev–Trinajstić information content (AvgIpc) is 3.19. The van der Waals surface area contributed by atoms with Crippen LogP contribution in [0.2, 0.25) is 0 Å². The molecule has 4 heterocycles. The molecule has 3 aromatic heterocycles. The molecule has 0 aromatic carbocycles. The molecule has 3 aromatic rings. The van der Waals surface area contributed by atoms with Crippen LogP contribution in [0.15, 0.2) is 42.7 Å². The number of aromatic nitrogens is 3. The van der Waals surface area contributed by atoms with E-state index in [2.05, 4.69) is 5.10 Å². The van der Waals surface area contributed by atoms with E-state index < -0.39 is 0 Å². The maximum absolute atomic E-state index is 12.8. The molecule has 0 saturated carbocycles. The molecule has 118 valence electrons. The van der Waals surface area contributed by atoms with Gasteiger partial charge in [0.05, 0.1) is 23.4 Å². The summed E-state index contributed by atoms with van der Waals surface area (Å²) in [5.41, 5.74) is 3.26. The summed E-state index contributed by atoms with van der Waals surface area (Å²) in [7, 11) is 1.88. The highest BCUT2D eigenvalue weighted by Gasteiger charge is 2.24. The second kappa shape index (κ2) is 5.55. The lowest BCUT2D eigenvalue weighted by atomic mass is 10.2. The van der Waals surface area contributed by atoms with Gasteiger partial charge >= 0.3 is 0 Å². The zero-order valence-corrected chi connectivity index (χ0v) is 13.0. The first-order chi connectivity index (χ1) is 11.2. The second-order valence-corrected chi connectivity index (χ2v) is 5.72. The van der Waals surface area contributed by atoms with Crippen molar-refractivity contribution in [3.05, 3.63) is 48.3 Å². The van der Waals surface area contributed by atoms with E-state index in [9.17, 15) is 4.79 Å². The van der Waals surface area contributed by atoms with Crippen LogP contribution in [0.5, 0.6) is 0 Å². The van der Waals surface area contributed by atoms with Crippen molar-refractivity contribution in [1.29, 1.82) is 0 Å². The van der Waals surface area contributed by atoms with Crippen molar-refractivity contribution in [2.45, 2.75) is 12.8 Å². The number of carbonyl (C=O) groups excluding carboxylic acids is 1. The minimum Gasteiger partial charge on any atom is -0.314 e. The molecule has 1 amide bonds. The van der Waals surface area contributed by atoms with Crippen LogP contribution >= 0.6 is 0 Å². The van der Waals surface area contributed by atoms with Gasteiger partial charge in [-0.25, -0.2) is 5.06 Å². The Morgan fingerprint density at radius 1 is 1.22 bits per heavy atom. The van der Waals surface area contributed by atoms with Gasteiger partial charge in [-0.2, -0.15) is 5.10 Å². The van der Waals surface area contributed by atoms with E-state index in [1.165, 1.54) is 5.06 Å². The maximum Gasteiger partial charge on any atom is 0.279 e. The van der Waals surface area contributed by atoms with Crippen molar-refractivity contribution < 1.29 is 9.63 Å². The van der Waals surface area contributed by atoms with E-state index in [4.69, 9.17) is 4.84 Å². The van der Waals surface area contributed by atoms with Gasteiger partial charge in [-0.3, -0.25) is 14.3 Å². The smallest absolute Gasteiger partial charge is 0.279 e. The molecule has 4 rings (SSSR count). The zero-order valence-electron chi connectivity index (χ0n) is 13.0. The summed E-state index contributed by atoms with van der Waals surface area (Å²) in [6, 6.07) is 9.68. The fourth-order valence-corrected chi connectivity index (χ4v) is 2.96. The molecule has 6 heteroatoms. The Labute approximate surface area is 133 Å². The third kappa shape index (κ3) is 2.41. The quantitative estimate of drug-likeness (QED) is 0.731. The number of pyridine rings is 1. The van der Waals surface area contributed by atoms with Crippen LogP contribution in [-0.4, -0.2) is 38.3 Å². The normalized spacial score (nSPS) is 15.3. The van der Waals surface area contributed by atoms with Gasteiger partial charge in [0.1, 0.15) is 5.69 Å². The lowest BCUT2D eigenvalue weighted by molar-refractivity contribution is -0.144. The Bertz CT molecular complexity index is 858. The first kappa shape index (κ1) is 14.0. The van der Waals surface area contributed by atoms with Gasteiger partial charge in [-0.15, -0.1) is 0 Å². The van der Waals surface area contributed by atoms with Crippen LogP contribution in [-0.2, 0) is 11.9 Å². The van der Waals surface area contributed by atoms with Gasteiger partial charge in [-0.05, 0) is 37.1 Å². The number of amides is 1. The number of hydrogen-bond donors (Lipinski definition) is 0. The molecule has 0 radical (unpaired) electrons. The highest BCUT2D eigenvalue weighted by Crippen LogP contribution is 2.26. The number of carbonyl (C=O) groups is 1. The van der Waals surface area contributed by atoms with Gasteiger partial charge in [0.2, 0.25) is 0 Å². The van der Waals surface area contributed by atoms with Crippen LogP contribution in [0, 0.1) is 0 Å². The standard InChI is InChI=1S/C17H18N4O2/c1-19-10-7-14(18-19)16-12-13(15-6-2-3-8-20(15)16)17(22)21-9-4-5-11-23-21/h2-3,6-8,10,12H,4-5,9,11H2,1H3. The van der Waals surface area contributed by atoms with Crippen LogP contribution < -0.4 is 0 Å². The van der Waals surface area contributed by atoms with Crippen LogP contribution in [0.4, 0.5) is 0 Å². The van der Waals surface area contributed by atoms with E-state index in [1.54, 1.807) is 4.68 Å². The number of fused-ring (bicyclic) bond motifs is 1. The van der Waals surface area contributed by atoms with Crippen molar-refractivity contribution in [3.63, 3.8) is 0 Å². The number of nitrogens with zero attached hydrogens (tertiary/aromatic N) is 4. The van der Waals surface area contributed by atoms with Crippen LogP contribution in [0.25, 0.3) is 16.9 Å². The SMILES string of the molecule is Cn1ccc(-c2cc(C(=O)N3CCCCO3)c3ccccn23)n1. The summed E-state index contributed by atoms with van der Waals surface area (Å²) >= 11 is 0. The number of aryl methyl sites for hydroxylation is 1. The molecule has 0 atom stereocenters. The molecule has 0 aliphatic carbocycles. The number of rotatable bonds is 2. The molecule has 0 bridgehead atoms. The monoisotopic (exact) mass is 310 g/mol. The molecule has 0 N–H and O–H groups in total. The molecule has 1 saturated heterocycles. The van der Waals surface area contributed by atoms with Gasteiger partial charge < -0.3 is 4.40 Å². The summed E-state index contributed by atoms with van der Waals surface area (Å²) in [6.45, 7) is 1.24. The Morgan fingerprint density at radius 3 is 2.87 bits per heavy atom. The summed E-state index contributed by atoms with van der Waals surface area (Å²) < 4.78 is 3.76. The molecule has 1 aliphatic rings. The zero-order chi connectivity index (χ0) is 15.8. The highest BCUT2D eigenvalue weighted by atomic mass is 16.7. The molecular formula is C17H18N4O2. The summed E-state index contributed by atoms with van der Waals surface area (Å²) in [5, 5.41) is 5.94. The maximum atomic E-state index is 12.8. The fraction of sp³-hybridized carbons (Fsp3) is 0.294. The summed E-state index contributed by atoms with van der Waals surface area (Å²) in [6.07, 6.45) is 5.82. The summed E-state index contributed by atoms with van der Waals surface area (Å²) in [5.74, 6) is -0.0874. The van der Waals surface area contributed by atoms with Crippen molar-refractivity contribution in [1.82, 2.24) is 19.2 Å². The van der Waals surface area contributed by atoms with Crippen molar-refractivity contribution in [3.8, 4) is 11.4 Å². The van der Waals surface area contributed by atoms with E-state index in [1.807, 2.05) is 54.2 Å². The fourth-order valence-electron chi connectivity index (χ4n) is 2.96. The topological polar surface area (TPSA) is 51.8 Å². The van der Waals surface area contributed by atoms with Gasteiger partial charge in [-0.1, -0.05) is 6.07 Å². The molecule has 23 heavy (non-hydrogen) atoms. The van der Waals surface area contributed by atoms with Crippen molar-refractivity contribution in [2.75, 3.05) is 13.2 Å². The minimum absolute atomic E-state index is 0.0874.